The largest absolute Gasteiger partial charge is 0.447 e. The lowest BCUT2D eigenvalue weighted by Gasteiger charge is -2.11. The summed E-state index contributed by atoms with van der Waals surface area (Å²) >= 11 is 0. The Hall–Kier alpha value is -0.930. The molecule has 1 rings (SSSR count). The van der Waals surface area contributed by atoms with E-state index in [0.29, 0.717) is 12.3 Å². The van der Waals surface area contributed by atoms with Crippen LogP contribution in [0, 0.1) is 0 Å². The minimum Gasteiger partial charge on any atom is -0.447 e. The van der Waals surface area contributed by atoms with Gasteiger partial charge in [0.2, 0.25) is 5.09 Å². The summed E-state index contributed by atoms with van der Waals surface area (Å²) < 4.78 is 30.7. The van der Waals surface area contributed by atoms with Gasteiger partial charge in [0.05, 0.1) is 25.8 Å². The number of aliphatic hydroxyl groups is 2. The Balaban J connectivity index is 2.81. The van der Waals surface area contributed by atoms with Gasteiger partial charge in [0.1, 0.15) is 5.76 Å². The number of aliphatic hydroxyl groups excluding tert-OH is 2. The van der Waals surface area contributed by atoms with Gasteiger partial charge < -0.3 is 19.9 Å². The van der Waals surface area contributed by atoms with E-state index in [0.717, 1.165) is 0 Å². The molecule has 0 aliphatic heterocycles. The average molecular weight is 264 g/mol. The molecular formula is C9H16N2O5S. The summed E-state index contributed by atoms with van der Waals surface area (Å²) in [4.78, 5) is 0. The van der Waals surface area contributed by atoms with Crippen LogP contribution in [0.3, 0.4) is 0 Å². The summed E-state index contributed by atoms with van der Waals surface area (Å²) in [6.07, 6.45) is 0. The van der Waals surface area contributed by atoms with Gasteiger partial charge in [0.15, 0.2) is 0 Å². The third kappa shape index (κ3) is 3.79. The molecule has 0 aromatic carbocycles. The topological polar surface area (TPSA) is 112 Å². The summed E-state index contributed by atoms with van der Waals surface area (Å²) in [6, 6.07) is 1.93. The fraction of sp³-hybridized carbons (Fsp3) is 0.556. The molecule has 1 aromatic heterocycles. The number of hydrogen-bond donors (Lipinski definition) is 4. The van der Waals surface area contributed by atoms with Crippen molar-refractivity contribution >= 4 is 10.0 Å². The maximum absolute atomic E-state index is 11.7. The van der Waals surface area contributed by atoms with E-state index in [2.05, 4.69) is 10.0 Å². The SMILES string of the molecule is CNCc1ccc(S(=O)(=O)NC(CO)CO)o1. The van der Waals surface area contributed by atoms with Crippen LogP contribution in [0.15, 0.2) is 21.6 Å². The van der Waals surface area contributed by atoms with Crippen LogP contribution in [-0.2, 0) is 16.6 Å². The van der Waals surface area contributed by atoms with Gasteiger partial charge >= 0.3 is 0 Å². The first kappa shape index (κ1) is 14.1. The molecule has 1 heterocycles. The summed E-state index contributed by atoms with van der Waals surface area (Å²) in [6.45, 7) is -0.557. The Labute approximate surface area is 99.5 Å². The van der Waals surface area contributed by atoms with E-state index in [9.17, 15) is 8.42 Å². The van der Waals surface area contributed by atoms with E-state index < -0.39 is 29.3 Å². The summed E-state index contributed by atoms with van der Waals surface area (Å²) in [7, 11) is -2.13. The fourth-order valence-electron chi connectivity index (χ4n) is 1.18. The normalized spacial score (nSPS) is 12.2. The van der Waals surface area contributed by atoms with Crippen molar-refractivity contribution in [3.63, 3.8) is 0 Å². The van der Waals surface area contributed by atoms with E-state index in [-0.39, 0.29) is 5.09 Å². The van der Waals surface area contributed by atoms with Crippen molar-refractivity contribution in [2.24, 2.45) is 0 Å². The first-order valence-corrected chi connectivity index (χ1v) is 6.49. The van der Waals surface area contributed by atoms with Crippen molar-refractivity contribution in [3.8, 4) is 0 Å². The molecule has 98 valence electrons. The van der Waals surface area contributed by atoms with E-state index in [4.69, 9.17) is 14.6 Å². The molecule has 0 saturated carbocycles. The second kappa shape index (κ2) is 6.12. The third-order valence-corrected chi connectivity index (χ3v) is 3.41. The summed E-state index contributed by atoms with van der Waals surface area (Å²) in [5, 5.41) is 20.2. The molecule has 8 heteroatoms. The van der Waals surface area contributed by atoms with Gasteiger partial charge in [-0.05, 0) is 19.2 Å². The summed E-state index contributed by atoms with van der Waals surface area (Å²) in [5.74, 6) is 0.484. The smallest absolute Gasteiger partial charge is 0.274 e. The maximum atomic E-state index is 11.7. The lowest BCUT2D eigenvalue weighted by Crippen LogP contribution is -2.39. The van der Waals surface area contributed by atoms with Crippen LogP contribution in [0.1, 0.15) is 5.76 Å². The van der Waals surface area contributed by atoms with E-state index in [1.54, 1.807) is 7.05 Å². The molecule has 0 bridgehead atoms. The van der Waals surface area contributed by atoms with Crippen LogP contribution in [0.4, 0.5) is 0 Å². The van der Waals surface area contributed by atoms with Crippen LogP contribution >= 0.6 is 0 Å². The van der Waals surface area contributed by atoms with Crippen molar-refractivity contribution in [2.45, 2.75) is 17.7 Å². The van der Waals surface area contributed by atoms with Crippen LogP contribution in [0.2, 0.25) is 0 Å². The Bertz CT molecular complexity index is 438. The van der Waals surface area contributed by atoms with Crippen LogP contribution in [0.5, 0.6) is 0 Å². The van der Waals surface area contributed by atoms with E-state index in [1.807, 2.05) is 0 Å². The van der Waals surface area contributed by atoms with Crippen LogP contribution in [0.25, 0.3) is 0 Å². The standard InChI is InChI=1S/C9H16N2O5S/c1-10-4-8-2-3-9(16-8)17(14,15)11-7(5-12)6-13/h2-3,7,10-13H,4-6H2,1H3. The second-order valence-electron chi connectivity index (χ2n) is 3.43. The lowest BCUT2D eigenvalue weighted by molar-refractivity contribution is 0.184. The molecule has 0 radical (unpaired) electrons. The Morgan fingerprint density at radius 3 is 2.53 bits per heavy atom. The average Bonchev–Trinajstić information content (AvgIpc) is 2.76. The van der Waals surface area contributed by atoms with Crippen molar-refractivity contribution in [1.29, 1.82) is 0 Å². The lowest BCUT2D eigenvalue weighted by atomic mass is 10.4. The number of hydrogen-bond acceptors (Lipinski definition) is 6. The molecular weight excluding hydrogens is 248 g/mol. The molecule has 0 spiro atoms. The highest BCUT2D eigenvalue weighted by Gasteiger charge is 2.22. The fourth-order valence-corrected chi connectivity index (χ4v) is 2.35. The van der Waals surface area contributed by atoms with Gasteiger partial charge in [0, 0.05) is 0 Å². The number of furan rings is 1. The van der Waals surface area contributed by atoms with Crippen LogP contribution in [-0.4, -0.2) is 44.9 Å². The molecule has 1 aromatic rings. The molecule has 7 nitrogen and oxygen atoms in total. The molecule has 4 N–H and O–H groups in total. The Morgan fingerprint density at radius 2 is 2.00 bits per heavy atom. The highest BCUT2D eigenvalue weighted by molar-refractivity contribution is 7.89. The van der Waals surface area contributed by atoms with Gasteiger partial charge in [-0.25, -0.2) is 13.1 Å². The number of nitrogens with one attached hydrogen (secondary N) is 2. The van der Waals surface area contributed by atoms with Crippen molar-refractivity contribution in [2.75, 3.05) is 20.3 Å². The Kier molecular flexibility index (Phi) is 5.09. The van der Waals surface area contributed by atoms with Gasteiger partial charge in [-0.3, -0.25) is 0 Å². The molecule has 0 saturated heterocycles. The molecule has 0 amide bonds. The highest BCUT2D eigenvalue weighted by Crippen LogP contribution is 2.13. The number of sulfonamides is 1. The van der Waals surface area contributed by atoms with Crippen LogP contribution < -0.4 is 10.0 Å². The molecule has 0 atom stereocenters. The zero-order chi connectivity index (χ0) is 12.9. The third-order valence-electron chi connectivity index (χ3n) is 2.02. The van der Waals surface area contributed by atoms with Gasteiger partial charge in [-0.15, -0.1) is 0 Å². The predicted octanol–water partition coefficient (Wildman–Crippen LogP) is -1.37. The zero-order valence-electron chi connectivity index (χ0n) is 9.38. The first-order chi connectivity index (χ1) is 8.03. The second-order valence-corrected chi connectivity index (χ2v) is 5.08. The van der Waals surface area contributed by atoms with Crippen molar-refractivity contribution in [3.05, 3.63) is 17.9 Å². The molecule has 0 aliphatic rings. The Morgan fingerprint density at radius 1 is 1.35 bits per heavy atom. The van der Waals surface area contributed by atoms with Crippen molar-refractivity contribution < 1.29 is 23.0 Å². The van der Waals surface area contributed by atoms with Crippen molar-refractivity contribution in [1.82, 2.24) is 10.0 Å². The molecule has 17 heavy (non-hydrogen) atoms. The van der Waals surface area contributed by atoms with Gasteiger partial charge in [-0.1, -0.05) is 0 Å². The van der Waals surface area contributed by atoms with Gasteiger partial charge in [-0.2, -0.15) is 0 Å². The molecule has 0 unspecified atom stereocenters. The van der Waals surface area contributed by atoms with Gasteiger partial charge in [0.25, 0.3) is 10.0 Å². The number of rotatable bonds is 7. The molecule has 0 fully saturated rings. The van der Waals surface area contributed by atoms with E-state index in [1.165, 1.54) is 12.1 Å². The predicted molar refractivity (Wildman–Crippen MR) is 59.8 cm³/mol. The minimum absolute atomic E-state index is 0.241. The molecule has 0 aliphatic carbocycles. The summed E-state index contributed by atoms with van der Waals surface area (Å²) in [5.41, 5.74) is 0. The minimum atomic E-state index is -3.85. The van der Waals surface area contributed by atoms with E-state index >= 15 is 0 Å². The highest BCUT2D eigenvalue weighted by atomic mass is 32.2. The monoisotopic (exact) mass is 264 g/mol. The first-order valence-electron chi connectivity index (χ1n) is 5.01. The quantitative estimate of drug-likeness (QED) is 0.483. The maximum Gasteiger partial charge on any atom is 0.274 e. The zero-order valence-corrected chi connectivity index (χ0v) is 10.2.